The molecule has 20 heavy (non-hydrogen) atoms. The van der Waals surface area contributed by atoms with Crippen molar-refractivity contribution in [1.29, 1.82) is 0 Å². The Balaban J connectivity index is 2.63. The lowest BCUT2D eigenvalue weighted by molar-refractivity contribution is 0.0509. The fourth-order valence-electron chi connectivity index (χ4n) is 1.51. The lowest BCUT2D eigenvalue weighted by Gasteiger charge is -2.15. The molecule has 0 aliphatic carbocycles. The molecule has 5 nitrogen and oxygen atoms in total. The van der Waals surface area contributed by atoms with Crippen molar-refractivity contribution in [3.8, 4) is 0 Å². The second-order valence-electron chi connectivity index (χ2n) is 5.82. The molecule has 0 unspecified atom stereocenters. The van der Waals surface area contributed by atoms with Crippen LogP contribution in [-0.4, -0.2) is 37.0 Å². The van der Waals surface area contributed by atoms with E-state index >= 15 is 0 Å². The van der Waals surface area contributed by atoms with Gasteiger partial charge in [0.1, 0.15) is 6.73 Å². The van der Waals surface area contributed by atoms with Crippen LogP contribution in [0.15, 0.2) is 0 Å². The van der Waals surface area contributed by atoms with Gasteiger partial charge in [-0.25, -0.2) is 9.48 Å². The Morgan fingerprint density at radius 3 is 2.60 bits per heavy atom. The Kier molecular flexibility index (Phi) is 6.66. The zero-order chi connectivity index (χ0) is 15.3. The predicted octanol–water partition coefficient (Wildman–Crippen LogP) is 3.29. The van der Waals surface area contributed by atoms with Crippen molar-refractivity contribution in [1.82, 2.24) is 9.78 Å². The van der Waals surface area contributed by atoms with Gasteiger partial charge < -0.3 is 9.47 Å². The largest absolute Gasteiger partial charge is 0.461 e. The van der Waals surface area contributed by atoms with Gasteiger partial charge in [0.25, 0.3) is 0 Å². The topological polar surface area (TPSA) is 53.3 Å². The molecule has 0 aromatic carbocycles. The first-order chi connectivity index (χ1) is 9.26. The first-order valence-electron chi connectivity index (χ1n) is 6.74. The summed E-state index contributed by atoms with van der Waals surface area (Å²) in [6.07, 6.45) is 0. The van der Waals surface area contributed by atoms with E-state index in [9.17, 15) is 4.79 Å². The number of rotatable bonds is 7. The summed E-state index contributed by atoms with van der Waals surface area (Å²) in [6, 6.07) is 1.12. The van der Waals surface area contributed by atoms with Crippen LogP contribution in [0.5, 0.6) is 0 Å². The maximum Gasteiger partial charge on any atom is 0.359 e. The zero-order valence-electron chi connectivity index (χ0n) is 12.8. The van der Waals surface area contributed by atoms with Crippen molar-refractivity contribution in [2.45, 2.75) is 46.3 Å². The quantitative estimate of drug-likeness (QED) is 0.300. The normalized spacial score (nSPS) is 11.7. The predicted molar refractivity (Wildman–Crippen MR) is 89.7 cm³/mol. The van der Waals surface area contributed by atoms with Crippen LogP contribution in [0.25, 0.3) is 0 Å². The lowest BCUT2D eigenvalue weighted by atomic mass is 10.4. The standard InChI is InChI=1S/C13H23IN2O3Si/c1-6-19-13(17)12-11(14)10(2)16(15-12)9-18-7-8-20(3,4)5/h6-9H2,1-5H3. The molecular formula is C13H23IN2O3Si. The lowest BCUT2D eigenvalue weighted by Crippen LogP contribution is -2.22. The van der Waals surface area contributed by atoms with Crippen LogP contribution in [-0.2, 0) is 16.2 Å². The van der Waals surface area contributed by atoms with Gasteiger partial charge in [0.15, 0.2) is 5.69 Å². The molecule has 0 spiro atoms. The van der Waals surface area contributed by atoms with Crippen LogP contribution >= 0.6 is 22.6 Å². The average Bonchev–Trinajstić information content (AvgIpc) is 2.62. The number of aromatic nitrogens is 2. The summed E-state index contributed by atoms with van der Waals surface area (Å²) < 4.78 is 13.2. The molecule has 0 saturated heterocycles. The van der Waals surface area contributed by atoms with Gasteiger partial charge >= 0.3 is 5.97 Å². The van der Waals surface area contributed by atoms with Crippen molar-refractivity contribution in [2.75, 3.05) is 13.2 Å². The van der Waals surface area contributed by atoms with Crippen molar-refractivity contribution in [2.24, 2.45) is 0 Å². The van der Waals surface area contributed by atoms with Crippen molar-refractivity contribution < 1.29 is 14.3 Å². The number of nitrogens with zero attached hydrogens (tertiary/aromatic N) is 2. The minimum absolute atomic E-state index is 0.355. The van der Waals surface area contributed by atoms with Gasteiger partial charge in [-0.15, -0.1) is 0 Å². The van der Waals surface area contributed by atoms with Crippen LogP contribution in [0.1, 0.15) is 23.1 Å². The van der Waals surface area contributed by atoms with E-state index in [0.29, 0.717) is 19.0 Å². The summed E-state index contributed by atoms with van der Waals surface area (Å²) >= 11 is 2.12. The summed E-state index contributed by atoms with van der Waals surface area (Å²) in [5.41, 5.74) is 1.31. The molecule has 1 rings (SSSR count). The summed E-state index contributed by atoms with van der Waals surface area (Å²) in [5, 5.41) is 4.28. The van der Waals surface area contributed by atoms with E-state index in [1.54, 1.807) is 11.6 Å². The molecule has 0 saturated carbocycles. The summed E-state index contributed by atoms with van der Waals surface area (Å²) in [5.74, 6) is -0.374. The highest BCUT2D eigenvalue weighted by molar-refractivity contribution is 14.1. The maximum absolute atomic E-state index is 11.8. The molecular weight excluding hydrogens is 387 g/mol. The van der Waals surface area contributed by atoms with E-state index in [-0.39, 0.29) is 5.97 Å². The Bertz CT molecular complexity index is 469. The van der Waals surface area contributed by atoms with Gasteiger partial charge in [-0.3, -0.25) is 0 Å². The number of carbonyl (C=O) groups is 1. The fourth-order valence-corrected chi connectivity index (χ4v) is 2.87. The number of hydrogen-bond acceptors (Lipinski definition) is 4. The second-order valence-corrected chi connectivity index (χ2v) is 12.5. The minimum Gasteiger partial charge on any atom is -0.461 e. The monoisotopic (exact) mass is 410 g/mol. The first kappa shape index (κ1) is 17.6. The third-order valence-electron chi connectivity index (χ3n) is 2.81. The molecule has 114 valence electrons. The number of ether oxygens (including phenoxy) is 2. The Morgan fingerprint density at radius 2 is 2.05 bits per heavy atom. The van der Waals surface area contributed by atoms with Crippen LogP contribution in [0, 0.1) is 10.5 Å². The molecule has 1 heterocycles. The van der Waals surface area contributed by atoms with Gasteiger partial charge in [-0.2, -0.15) is 5.10 Å². The van der Waals surface area contributed by atoms with Crippen molar-refractivity contribution in [3.05, 3.63) is 15.0 Å². The third-order valence-corrected chi connectivity index (χ3v) is 5.81. The molecule has 7 heteroatoms. The maximum atomic E-state index is 11.8. The Hall–Kier alpha value is -0.413. The van der Waals surface area contributed by atoms with E-state index < -0.39 is 8.07 Å². The molecule has 0 atom stereocenters. The van der Waals surface area contributed by atoms with E-state index in [1.165, 1.54) is 0 Å². The van der Waals surface area contributed by atoms with Gasteiger partial charge in [0, 0.05) is 14.7 Å². The highest BCUT2D eigenvalue weighted by Crippen LogP contribution is 2.17. The van der Waals surface area contributed by atoms with Crippen LogP contribution in [0.4, 0.5) is 0 Å². The van der Waals surface area contributed by atoms with E-state index in [4.69, 9.17) is 9.47 Å². The van der Waals surface area contributed by atoms with Crippen molar-refractivity contribution >= 4 is 36.6 Å². The smallest absolute Gasteiger partial charge is 0.359 e. The third kappa shape index (κ3) is 5.17. The number of esters is 1. The highest BCUT2D eigenvalue weighted by atomic mass is 127. The van der Waals surface area contributed by atoms with Gasteiger partial charge in [-0.1, -0.05) is 19.6 Å². The number of halogens is 1. The second kappa shape index (κ2) is 7.55. The first-order valence-corrected chi connectivity index (χ1v) is 11.5. The van der Waals surface area contributed by atoms with E-state index in [0.717, 1.165) is 21.9 Å². The van der Waals surface area contributed by atoms with Crippen LogP contribution in [0.2, 0.25) is 25.7 Å². The van der Waals surface area contributed by atoms with Gasteiger partial charge in [0.05, 0.1) is 15.9 Å². The van der Waals surface area contributed by atoms with Crippen LogP contribution < -0.4 is 0 Å². The summed E-state index contributed by atoms with van der Waals surface area (Å²) in [7, 11) is -1.07. The Morgan fingerprint density at radius 1 is 1.40 bits per heavy atom. The number of hydrogen-bond donors (Lipinski definition) is 0. The molecule has 1 aromatic rings. The molecule has 0 fully saturated rings. The molecule has 1 aromatic heterocycles. The SMILES string of the molecule is CCOC(=O)c1nn(COCC[Si](C)(C)C)c(C)c1I. The Labute approximate surface area is 135 Å². The van der Waals surface area contributed by atoms with Crippen LogP contribution in [0.3, 0.4) is 0 Å². The summed E-state index contributed by atoms with van der Waals surface area (Å²) in [4.78, 5) is 11.8. The van der Waals surface area contributed by atoms with E-state index in [2.05, 4.69) is 47.3 Å². The molecule has 0 aliphatic rings. The molecule has 0 N–H and O–H groups in total. The molecule has 0 bridgehead atoms. The molecule has 0 amide bonds. The van der Waals surface area contributed by atoms with Crippen molar-refractivity contribution in [3.63, 3.8) is 0 Å². The highest BCUT2D eigenvalue weighted by Gasteiger charge is 2.20. The van der Waals surface area contributed by atoms with E-state index in [1.807, 2.05) is 6.92 Å². The fraction of sp³-hybridized carbons (Fsp3) is 0.692. The molecule has 0 radical (unpaired) electrons. The number of carbonyl (C=O) groups excluding carboxylic acids is 1. The zero-order valence-corrected chi connectivity index (χ0v) is 16.0. The minimum atomic E-state index is -1.07. The molecule has 0 aliphatic heterocycles. The van der Waals surface area contributed by atoms with Gasteiger partial charge in [-0.05, 0) is 42.5 Å². The van der Waals surface area contributed by atoms with Gasteiger partial charge in [0.2, 0.25) is 0 Å². The summed E-state index contributed by atoms with van der Waals surface area (Å²) in [6.45, 7) is 12.1. The average molecular weight is 410 g/mol.